The lowest BCUT2D eigenvalue weighted by Gasteiger charge is -2.11. The summed E-state index contributed by atoms with van der Waals surface area (Å²) in [6, 6.07) is 6.41. The zero-order valence-corrected chi connectivity index (χ0v) is 11.6. The molecular formula is C15H19N3. The first-order chi connectivity index (χ1) is 8.54. The first-order valence-electron chi connectivity index (χ1n) is 6.14. The Morgan fingerprint density at radius 3 is 2.22 bits per heavy atom. The maximum Gasteiger partial charge on any atom is 0.151 e. The van der Waals surface area contributed by atoms with Crippen molar-refractivity contribution in [3.63, 3.8) is 0 Å². The summed E-state index contributed by atoms with van der Waals surface area (Å²) in [6.07, 6.45) is 0. The molecule has 18 heavy (non-hydrogen) atoms. The van der Waals surface area contributed by atoms with Crippen molar-refractivity contribution < 1.29 is 0 Å². The van der Waals surface area contributed by atoms with Gasteiger partial charge in [-0.2, -0.15) is 0 Å². The van der Waals surface area contributed by atoms with E-state index in [4.69, 9.17) is 0 Å². The van der Waals surface area contributed by atoms with Gasteiger partial charge in [0.05, 0.1) is 5.69 Å². The summed E-state index contributed by atoms with van der Waals surface area (Å²) < 4.78 is 0. The number of aromatic nitrogens is 2. The monoisotopic (exact) mass is 241 g/mol. The molecule has 0 radical (unpaired) electrons. The summed E-state index contributed by atoms with van der Waals surface area (Å²) in [5.74, 6) is 0.847. The Labute approximate surface area is 108 Å². The predicted molar refractivity (Wildman–Crippen MR) is 76.0 cm³/mol. The molecule has 2 rings (SSSR count). The third-order valence-electron chi connectivity index (χ3n) is 3.54. The molecule has 0 unspecified atom stereocenters. The topological polar surface area (TPSA) is 37.8 Å². The van der Waals surface area contributed by atoms with Crippen LogP contribution in [0.3, 0.4) is 0 Å². The number of benzene rings is 1. The first kappa shape index (κ1) is 12.6. The number of hydrogen-bond acceptors (Lipinski definition) is 3. The van der Waals surface area contributed by atoms with Gasteiger partial charge in [0.25, 0.3) is 0 Å². The molecule has 0 fully saturated rings. The minimum Gasteiger partial charge on any atom is -0.371 e. The van der Waals surface area contributed by atoms with Crippen LogP contribution in [-0.2, 0) is 0 Å². The Hall–Kier alpha value is -1.90. The number of anilines is 1. The van der Waals surface area contributed by atoms with Crippen molar-refractivity contribution in [2.75, 3.05) is 12.4 Å². The lowest BCUT2D eigenvalue weighted by atomic mass is 10.00. The van der Waals surface area contributed by atoms with Crippen molar-refractivity contribution in [2.45, 2.75) is 27.7 Å². The van der Waals surface area contributed by atoms with Crippen LogP contribution in [0.25, 0.3) is 11.3 Å². The van der Waals surface area contributed by atoms with E-state index in [2.05, 4.69) is 61.4 Å². The fourth-order valence-electron chi connectivity index (χ4n) is 2.01. The molecule has 1 N–H and O–H groups in total. The molecule has 3 heteroatoms. The van der Waals surface area contributed by atoms with E-state index >= 15 is 0 Å². The Bertz CT molecular complexity index is 589. The highest BCUT2D eigenvalue weighted by molar-refractivity contribution is 5.67. The molecule has 1 heterocycles. The molecule has 0 bridgehead atoms. The molecular weight excluding hydrogens is 222 g/mol. The van der Waals surface area contributed by atoms with E-state index in [0.717, 1.165) is 22.6 Å². The normalized spacial score (nSPS) is 10.5. The van der Waals surface area contributed by atoms with Crippen molar-refractivity contribution in [3.8, 4) is 11.3 Å². The quantitative estimate of drug-likeness (QED) is 0.875. The Balaban J connectivity index is 2.57. The van der Waals surface area contributed by atoms with Gasteiger partial charge in [-0.3, -0.25) is 0 Å². The minimum absolute atomic E-state index is 0.847. The second-order valence-electron chi connectivity index (χ2n) is 4.70. The van der Waals surface area contributed by atoms with Crippen molar-refractivity contribution in [1.82, 2.24) is 10.2 Å². The van der Waals surface area contributed by atoms with Crippen molar-refractivity contribution >= 4 is 5.82 Å². The Morgan fingerprint density at radius 1 is 0.889 bits per heavy atom. The van der Waals surface area contributed by atoms with Crippen LogP contribution in [0.1, 0.15) is 22.3 Å². The highest BCUT2D eigenvalue weighted by atomic mass is 15.2. The Kier molecular flexibility index (Phi) is 3.32. The van der Waals surface area contributed by atoms with Crippen LogP contribution >= 0.6 is 0 Å². The van der Waals surface area contributed by atoms with E-state index in [9.17, 15) is 0 Å². The maximum atomic E-state index is 4.34. The maximum absolute atomic E-state index is 4.34. The largest absolute Gasteiger partial charge is 0.371 e. The average Bonchev–Trinajstić information content (AvgIpc) is 2.36. The van der Waals surface area contributed by atoms with Gasteiger partial charge >= 0.3 is 0 Å². The fraction of sp³-hybridized carbons (Fsp3) is 0.333. The summed E-state index contributed by atoms with van der Waals surface area (Å²) >= 11 is 0. The molecule has 0 spiro atoms. The lowest BCUT2D eigenvalue weighted by Crippen LogP contribution is -2.02. The summed E-state index contributed by atoms with van der Waals surface area (Å²) in [4.78, 5) is 0. The molecule has 0 saturated carbocycles. The van der Waals surface area contributed by atoms with Gasteiger partial charge in [0.2, 0.25) is 0 Å². The standard InChI is InChI=1S/C15H19N3/c1-9-6-7-13(8-10(9)2)14-11(3)12(4)15(16-5)18-17-14/h6-8H,1-5H3,(H,16,18). The van der Waals surface area contributed by atoms with Crippen LogP contribution in [-0.4, -0.2) is 17.2 Å². The molecule has 0 aliphatic carbocycles. The highest BCUT2D eigenvalue weighted by Gasteiger charge is 2.10. The van der Waals surface area contributed by atoms with Gasteiger partial charge in [-0.25, -0.2) is 0 Å². The van der Waals surface area contributed by atoms with E-state index in [1.54, 1.807) is 0 Å². The fourth-order valence-corrected chi connectivity index (χ4v) is 2.01. The summed E-state index contributed by atoms with van der Waals surface area (Å²) in [7, 11) is 1.87. The van der Waals surface area contributed by atoms with Crippen LogP contribution < -0.4 is 5.32 Å². The average molecular weight is 241 g/mol. The van der Waals surface area contributed by atoms with Gasteiger partial charge < -0.3 is 5.32 Å². The van der Waals surface area contributed by atoms with Gasteiger partial charge in [-0.15, -0.1) is 10.2 Å². The molecule has 0 aliphatic heterocycles. The summed E-state index contributed by atoms with van der Waals surface area (Å²) in [5.41, 5.74) is 7.01. The highest BCUT2D eigenvalue weighted by Crippen LogP contribution is 2.26. The summed E-state index contributed by atoms with van der Waals surface area (Å²) in [6.45, 7) is 8.40. The van der Waals surface area contributed by atoms with Gasteiger partial charge in [-0.1, -0.05) is 12.1 Å². The predicted octanol–water partition coefficient (Wildman–Crippen LogP) is 3.42. The SMILES string of the molecule is CNc1nnc(-c2ccc(C)c(C)c2)c(C)c1C. The number of aryl methyl sites for hydroxylation is 2. The molecule has 0 saturated heterocycles. The van der Waals surface area contributed by atoms with E-state index in [1.165, 1.54) is 16.7 Å². The number of rotatable bonds is 2. The van der Waals surface area contributed by atoms with Gasteiger partial charge in [0.15, 0.2) is 5.82 Å². The lowest BCUT2D eigenvalue weighted by molar-refractivity contribution is 1.00. The molecule has 94 valence electrons. The van der Waals surface area contributed by atoms with Crippen LogP contribution in [0.2, 0.25) is 0 Å². The minimum atomic E-state index is 0.847. The first-order valence-corrected chi connectivity index (χ1v) is 6.14. The molecule has 0 aliphatic rings. The van der Waals surface area contributed by atoms with Crippen LogP contribution in [0.15, 0.2) is 18.2 Å². The second kappa shape index (κ2) is 4.77. The zero-order valence-electron chi connectivity index (χ0n) is 11.6. The van der Waals surface area contributed by atoms with Gasteiger partial charge in [0, 0.05) is 12.6 Å². The van der Waals surface area contributed by atoms with Crippen molar-refractivity contribution in [1.29, 1.82) is 0 Å². The molecule has 0 atom stereocenters. The molecule has 3 nitrogen and oxygen atoms in total. The Morgan fingerprint density at radius 2 is 1.61 bits per heavy atom. The van der Waals surface area contributed by atoms with E-state index in [0.29, 0.717) is 0 Å². The molecule has 2 aromatic rings. The van der Waals surface area contributed by atoms with Crippen molar-refractivity contribution in [3.05, 3.63) is 40.5 Å². The number of nitrogens with one attached hydrogen (secondary N) is 1. The molecule has 0 amide bonds. The van der Waals surface area contributed by atoms with Crippen LogP contribution in [0.4, 0.5) is 5.82 Å². The van der Waals surface area contributed by atoms with Crippen molar-refractivity contribution in [2.24, 2.45) is 0 Å². The van der Waals surface area contributed by atoms with Crippen LogP contribution in [0, 0.1) is 27.7 Å². The molecule has 1 aromatic carbocycles. The van der Waals surface area contributed by atoms with Gasteiger partial charge in [-0.05, 0) is 56.0 Å². The number of nitrogens with zero attached hydrogens (tertiary/aromatic N) is 2. The second-order valence-corrected chi connectivity index (χ2v) is 4.70. The zero-order chi connectivity index (χ0) is 13.3. The van der Waals surface area contributed by atoms with Gasteiger partial charge in [0.1, 0.15) is 0 Å². The summed E-state index contributed by atoms with van der Waals surface area (Å²) in [5, 5.41) is 11.6. The van der Waals surface area contributed by atoms with E-state index < -0.39 is 0 Å². The third-order valence-corrected chi connectivity index (χ3v) is 3.54. The van der Waals surface area contributed by atoms with E-state index in [1.807, 2.05) is 7.05 Å². The smallest absolute Gasteiger partial charge is 0.151 e. The third kappa shape index (κ3) is 2.08. The molecule has 1 aromatic heterocycles. The van der Waals surface area contributed by atoms with E-state index in [-0.39, 0.29) is 0 Å². The van der Waals surface area contributed by atoms with Crippen LogP contribution in [0.5, 0.6) is 0 Å². The number of hydrogen-bond donors (Lipinski definition) is 1.